The Bertz CT molecular complexity index is 480. The molecule has 0 aliphatic rings. The Hall–Kier alpha value is -1.18. The molecule has 104 valence electrons. The molecule has 0 aliphatic heterocycles. The monoisotopic (exact) mass is 346 g/mol. The summed E-state index contributed by atoms with van der Waals surface area (Å²) < 4.78 is 5.77. The lowest BCUT2D eigenvalue weighted by Gasteiger charge is -2.11. The van der Waals surface area contributed by atoms with Crippen molar-refractivity contribution in [2.45, 2.75) is 13.0 Å². The number of benzene rings is 1. The maximum Gasteiger partial charge on any atom is 0.257 e. The minimum Gasteiger partial charge on any atom is -0.496 e. The molecule has 0 bridgehead atoms. The average molecular weight is 347 g/mol. The minimum absolute atomic E-state index is 0.179. The first-order valence-corrected chi connectivity index (χ1v) is 6.75. The van der Waals surface area contributed by atoms with Crippen molar-refractivity contribution < 1.29 is 14.6 Å². The number of hydrogen-bond donors (Lipinski definition) is 3. The number of ether oxygens (including phenoxy) is 1. The van der Waals surface area contributed by atoms with Gasteiger partial charge in [0, 0.05) is 12.1 Å². The minimum atomic E-state index is -0.537. The molecule has 1 atom stereocenters. The number of methoxy groups -OCH3 is 1. The SMILES string of the molecule is COc1ccc(C(=O)NC(=S)NCC(C)O)cc1Br. The summed E-state index contributed by atoms with van der Waals surface area (Å²) in [4.78, 5) is 11.9. The first-order chi connectivity index (χ1) is 8.93. The summed E-state index contributed by atoms with van der Waals surface area (Å²) in [6.07, 6.45) is -0.537. The Morgan fingerprint density at radius 2 is 2.26 bits per heavy atom. The van der Waals surface area contributed by atoms with Gasteiger partial charge in [-0.2, -0.15) is 0 Å². The smallest absolute Gasteiger partial charge is 0.257 e. The predicted molar refractivity (Wildman–Crippen MR) is 80.4 cm³/mol. The number of aliphatic hydroxyl groups is 1. The highest BCUT2D eigenvalue weighted by molar-refractivity contribution is 9.10. The first kappa shape index (κ1) is 15.9. The molecule has 0 aromatic heterocycles. The molecule has 0 heterocycles. The molecular weight excluding hydrogens is 332 g/mol. The highest BCUT2D eigenvalue weighted by Crippen LogP contribution is 2.25. The largest absolute Gasteiger partial charge is 0.496 e. The summed E-state index contributed by atoms with van der Waals surface area (Å²) in [6, 6.07) is 4.97. The van der Waals surface area contributed by atoms with Crippen LogP contribution >= 0.6 is 28.1 Å². The van der Waals surface area contributed by atoms with Crippen LogP contribution in [-0.4, -0.2) is 35.9 Å². The Labute approximate surface area is 125 Å². The summed E-state index contributed by atoms with van der Waals surface area (Å²) >= 11 is 8.24. The van der Waals surface area contributed by atoms with E-state index < -0.39 is 6.10 Å². The van der Waals surface area contributed by atoms with E-state index in [1.807, 2.05) is 0 Å². The molecule has 0 saturated carbocycles. The van der Waals surface area contributed by atoms with Crippen molar-refractivity contribution in [2.24, 2.45) is 0 Å². The van der Waals surface area contributed by atoms with Gasteiger partial charge in [-0.25, -0.2) is 0 Å². The zero-order chi connectivity index (χ0) is 14.4. The standard InChI is InChI=1S/C12H15BrN2O3S/c1-7(16)6-14-12(19)15-11(17)8-3-4-10(18-2)9(13)5-8/h3-5,7,16H,6H2,1-2H3,(H2,14,15,17,19). The van der Waals surface area contributed by atoms with Gasteiger partial charge in [-0.3, -0.25) is 10.1 Å². The quantitative estimate of drug-likeness (QED) is 0.719. The Morgan fingerprint density at radius 1 is 1.58 bits per heavy atom. The van der Waals surface area contributed by atoms with Gasteiger partial charge in [0.05, 0.1) is 17.7 Å². The molecule has 19 heavy (non-hydrogen) atoms. The molecule has 1 amide bonds. The fourth-order valence-electron chi connectivity index (χ4n) is 1.27. The second-order valence-corrected chi connectivity index (χ2v) is 5.13. The Balaban J connectivity index is 2.63. The second kappa shape index (κ2) is 7.42. The molecule has 1 aromatic carbocycles. The molecule has 1 unspecified atom stereocenters. The summed E-state index contributed by atoms with van der Waals surface area (Å²) in [6.45, 7) is 1.91. The van der Waals surface area contributed by atoms with Crippen molar-refractivity contribution in [3.8, 4) is 5.75 Å². The number of amides is 1. The maximum absolute atomic E-state index is 11.9. The number of rotatable bonds is 4. The fraction of sp³-hybridized carbons (Fsp3) is 0.333. The third kappa shape index (κ3) is 5.14. The molecule has 7 heteroatoms. The molecule has 0 fully saturated rings. The van der Waals surface area contributed by atoms with Crippen LogP contribution in [0.2, 0.25) is 0 Å². The van der Waals surface area contributed by atoms with Crippen LogP contribution in [0.25, 0.3) is 0 Å². The number of hydrogen-bond acceptors (Lipinski definition) is 4. The molecule has 1 rings (SSSR count). The normalized spacial score (nSPS) is 11.6. The lowest BCUT2D eigenvalue weighted by molar-refractivity contribution is 0.0976. The highest BCUT2D eigenvalue weighted by atomic mass is 79.9. The predicted octanol–water partition coefficient (Wildman–Crippen LogP) is 1.44. The van der Waals surface area contributed by atoms with E-state index in [4.69, 9.17) is 22.1 Å². The molecular formula is C12H15BrN2O3S. The third-order valence-corrected chi connectivity index (χ3v) is 3.07. The molecule has 3 N–H and O–H groups in total. The van der Waals surface area contributed by atoms with Gasteiger partial charge in [-0.15, -0.1) is 0 Å². The summed E-state index contributed by atoms with van der Waals surface area (Å²) in [7, 11) is 1.55. The summed E-state index contributed by atoms with van der Waals surface area (Å²) in [5.74, 6) is 0.317. The van der Waals surface area contributed by atoms with Crippen molar-refractivity contribution in [2.75, 3.05) is 13.7 Å². The number of thiocarbonyl (C=S) groups is 1. The van der Waals surface area contributed by atoms with Gasteiger partial charge in [-0.1, -0.05) is 0 Å². The number of aliphatic hydroxyl groups excluding tert-OH is 1. The topological polar surface area (TPSA) is 70.6 Å². The Morgan fingerprint density at radius 3 is 2.79 bits per heavy atom. The van der Waals surface area contributed by atoms with E-state index >= 15 is 0 Å². The van der Waals surface area contributed by atoms with E-state index in [2.05, 4.69) is 26.6 Å². The van der Waals surface area contributed by atoms with E-state index in [1.165, 1.54) is 0 Å². The molecule has 0 saturated heterocycles. The lowest BCUT2D eigenvalue weighted by Crippen LogP contribution is -2.41. The first-order valence-electron chi connectivity index (χ1n) is 5.54. The summed E-state index contributed by atoms with van der Waals surface area (Å²) in [5, 5.41) is 14.5. The number of carbonyl (C=O) groups excluding carboxylic acids is 1. The van der Waals surface area contributed by atoms with Crippen LogP contribution in [0.15, 0.2) is 22.7 Å². The van der Waals surface area contributed by atoms with Gasteiger partial charge in [0.1, 0.15) is 5.75 Å². The zero-order valence-electron chi connectivity index (χ0n) is 10.6. The van der Waals surface area contributed by atoms with Crippen LogP contribution in [0.3, 0.4) is 0 Å². The van der Waals surface area contributed by atoms with Crippen LogP contribution in [0, 0.1) is 0 Å². The van der Waals surface area contributed by atoms with Crippen molar-refractivity contribution >= 4 is 39.2 Å². The van der Waals surface area contributed by atoms with E-state index in [0.29, 0.717) is 15.8 Å². The van der Waals surface area contributed by atoms with Gasteiger partial charge in [0.25, 0.3) is 5.91 Å². The van der Waals surface area contributed by atoms with Gasteiger partial charge >= 0.3 is 0 Å². The van der Waals surface area contributed by atoms with Crippen LogP contribution < -0.4 is 15.4 Å². The molecule has 1 aromatic rings. The lowest BCUT2D eigenvalue weighted by atomic mass is 10.2. The van der Waals surface area contributed by atoms with Crippen molar-refractivity contribution in [1.82, 2.24) is 10.6 Å². The van der Waals surface area contributed by atoms with E-state index in [-0.39, 0.29) is 17.6 Å². The second-order valence-electron chi connectivity index (χ2n) is 3.86. The molecule has 5 nitrogen and oxygen atoms in total. The van der Waals surface area contributed by atoms with Gasteiger partial charge in [0.2, 0.25) is 0 Å². The molecule has 0 radical (unpaired) electrons. The van der Waals surface area contributed by atoms with Crippen LogP contribution in [-0.2, 0) is 0 Å². The zero-order valence-corrected chi connectivity index (χ0v) is 13.0. The van der Waals surface area contributed by atoms with Crippen molar-refractivity contribution in [1.29, 1.82) is 0 Å². The van der Waals surface area contributed by atoms with Crippen molar-refractivity contribution in [3.05, 3.63) is 28.2 Å². The van der Waals surface area contributed by atoms with Crippen LogP contribution in [0.1, 0.15) is 17.3 Å². The fourth-order valence-corrected chi connectivity index (χ4v) is 1.98. The highest BCUT2D eigenvalue weighted by Gasteiger charge is 2.10. The van der Waals surface area contributed by atoms with Gasteiger partial charge in [0.15, 0.2) is 5.11 Å². The maximum atomic E-state index is 11.9. The number of halogens is 1. The average Bonchev–Trinajstić information content (AvgIpc) is 2.36. The van der Waals surface area contributed by atoms with Gasteiger partial charge in [-0.05, 0) is 53.3 Å². The van der Waals surface area contributed by atoms with E-state index in [9.17, 15) is 4.79 Å². The third-order valence-electron chi connectivity index (χ3n) is 2.20. The van der Waals surface area contributed by atoms with Crippen LogP contribution in [0.4, 0.5) is 0 Å². The van der Waals surface area contributed by atoms with Crippen molar-refractivity contribution in [3.63, 3.8) is 0 Å². The van der Waals surface area contributed by atoms with E-state index in [1.54, 1.807) is 32.2 Å². The van der Waals surface area contributed by atoms with Crippen LogP contribution in [0.5, 0.6) is 5.75 Å². The van der Waals surface area contributed by atoms with Gasteiger partial charge < -0.3 is 15.2 Å². The Kier molecular flexibility index (Phi) is 6.20. The molecule has 0 spiro atoms. The molecule has 0 aliphatic carbocycles. The number of carbonyl (C=O) groups is 1. The number of nitrogens with one attached hydrogen (secondary N) is 2. The summed E-state index contributed by atoms with van der Waals surface area (Å²) in [5.41, 5.74) is 0.453. The van der Waals surface area contributed by atoms with E-state index in [0.717, 1.165) is 0 Å².